The highest BCUT2D eigenvalue weighted by atomic mass is 35.5. The number of rotatable bonds is 5. The molecule has 0 radical (unpaired) electrons. The van der Waals surface area contributed by atoms with Crippen LogP contribution in [0.25, 0.3) is 11.6 Å². The van der Waals surface area contributed by atoms with Crippen molar-refractivity contribution in [3.8, 4) is 5.75 Å². The van der Waals surface area contributed by atoms with Gasteiger partial charge in [0.2, 0.25) is 0 Å². The number of ether oxygens (including phenoxy) is 1. The molecule has 1 heterocycles. The van der Waals surface area contributed by atoms with Gasteiger partial charge in [-0.25, -0.2) is 4.79 Å². The number of benzene rings is 1. The summed E-state index contributed by atoms with van der Waals surface area (Å²) in [5, 5.41) is 11.3. The predicted molar refractivity (Wildman–Crippen MR) is 77.9 cm³/mol. The third-order valence-electron chi connectivity index (χ3n) is 2.50. The lowest BCUT2D eigenvalue weighted by molar-refractivity contribution is -0.130. The number of carboxylic acid groups (broad SMARTS) is 1. The Morgan fingerprint density at radius 1 is 1.38 bits per heavy atom. The van der Waals surface area contributed by atoms with Crippen molar-refractivity contribution in [3.05, 3.63) is 51.2 Å². The van der Waals surface area contributed by atoms with E-state index in [1.165, 1.54) is 35.6 Å². The molecule has 1 aromatic heterocycles. The molecule has 21 heavy (non-hydrogen) atoms. The van der Waals surface area contributed by atoms with E-state index in [0.29, 0.717) is 9.90 Å². The number of hydrogen-bond acceptors (Lipinski definition) is 3. The zero-order chi connectivity index (χ0) is 15.4. The normalized spacial score (nSPS) is 11.7. The molecule has 0 fully saturated rings. The Bertz CT molecular complexity index is 669. The van der Waals surface area contributed by atoms with Crippen molar-refractivity contribution >= 4 is 40.6 Å². The Balaban J connectivity index is 2.50. The number of aliphatic carboxylic acids is 1. The Labute approximate surface area is 128 Å². The van der Waals surface area contributed by atoms with Gasteiger partial charge in [0, 0.05) is 15.5 Å². The van der Waals surface area contributed by atoms with Crippen LogP contribution in [0.1, 0.15) is 10.4 Å². The molecule has 0 spiro atoms. The van der Waals surface area contributed by atoms with Crippen molar-refractivity contribution in [1.82, 2.24) is 0 Å². The molecule has 1 aromatic carbocycles. The fourth-order valence-electron chi connectivity index (χ4n) is 1.66. The largest absolute Gasteiger partial charge is 0.478 e. The topological polar surface area (TPSA) is 46.5 Å². The van der Waals surface area contributed by atoms with Gasteiger partial charge in [-0.1, -0.05) is 17.7 Å². The second kappa shape index (κ2) is 6.69. The van der Waals surface area contributed by atoms with Crippen molar-refractivity contribution in [1.29, 1.82) is 0 Å². The predicted octanol–water partition coefficient (Wildman–Crippen LogP) is 4.63. The van der Waals surface area contributed by atoms with E-state index in [4.69, 9.17) is 11.6 Å². The Morgan fingerprint density at radius 3 is 2.71 bits per heavy atom. The van der Waals surface area contributed by atoms with E-state index in [0.717, 1.165) is 0 Å². The van der Waals surface area contributed by atoms with Crippen LogP contribution in [0.15, 0.2) is 35.7 Å². The molecule has 0 saturated carbocycles. The van der Waals surface area contributed by atoms with Gasteiger partial charge in [-0.15, -0.1) is 11.3 Å². The fourth-order valence-corrected chi connectivity index (χ4v) is 2.58. The molecule has 2 rings (SSSR count). The molecule has 0 bridgehead atoms. The minimum atomic E-state index is -3.01. The minimum Gasteiger partial charge on any atom is -0.478 e. The molecule has 2 aromatic rings. The first-order valence-electron chi connectivity index (χ1n) is 5.70. The van der Waals surface area contributed by atoms with Gasteiger partial charge in [-0.2, -0.15) is 8.78 Å². The van der Waals surface area contributed by atoms with E-state index in [1.807, 2.05) is 0 Å². The van der Waals surface area contributed by atoms with Crippen LogP contribution in [0, 0.1) is 0 Å². The number of carboxylic acids is 1. The molecule has 7 heteroatoms. The van der Waals surface area contributed by atoms with Crippen molar-refractivity contribution in [2.24, 2.45) is 0 Å². The van der Waals surface area contributed by atoms with Gasteiger partial charge in [0.1, 0.15) is 5.75 Å². The van der Waals surface area contributed by atoms with Gasteiger partial charge < -0.3 is 9.84 Å². The lowest BCUT2D eigenvalue weighted by Crippen LogP contribution is -2.04. The van der Waals surface area contributed by atoms with Crippen molar-refractivity contribution in [2.45, 2.75) is 6.61 Å². The molecule has 0 unspecified atom stereocenters. The zero-order valence-corrected chi connectivity index (χ0v) is 12.0. The molecule has 110 valence electrons. The average molecular weight is 331 g/mol. The SMILES string of the molecule is O=C(O)/C(=C\c1cc(Cl)ccc1OC(F)F)c1cccs1. The monoisotopic (exact) mass is 330 g/mol. The van der Waals surface area contributed by atoms with E-state index < -0.39 is 12.6 Å². The molecule has 0 aliphatic carbocycles. The molecule has 0 saturated heterocycles. The second-order valence-corrected chi connectivity index (χ2v) is 5.29. The van der Waals surface area contributed by atoms with E-state index in [2.05, 4.69) is 4.74 Å². The standard InChI is InChI=1S/C14H9ClF2O3S/c15-9-3-4-11(20-14(16)17)8(6-9)7-10(13(18)19)12-2-1-5-21-12/h1-7,14H,(H,18,19)/b10-7-. The molecule has 3 nitrogen and oxygen atoms in total. The summed E-state index contributed by atoms with van der Waals surface area (Å²) in [5.41, 5.74) is 0.153. The molecule has 1 N–H and O–H groups in total. The molecule has 0 amide bonds. The number of carbonyl (C=O) groups is 1. The quantitative estimate of drug-likeness (QED) is 0.813. The zero-order valence-electron chi connectivity index (χ0n) is 10.4. The van der Waals surface area contributed by atoms with Gasteiger partial charge in [0.25, 0.3) is 0 Å². The molecule has 0 atom stereocenters. The van der Waals surface area contributed by atoms with Crippen LogP contribution < -0.4 is 4.74 Å². The maximum atomic E-state index is 12.4. The highest BCUT2D eigenvalue weighted by Gasteiger charge is 2.15. The van der Waals surface area contributed by atoms with Crippen LogP contribution in [-0.4, -0.2) is 17.7 Å². The van der Waals surface area contributed by atoms with Crippen molar-refractivity contribution in [2.75, 3.05) is 0 Å². The summed E-state index contributed by atoms with van der Waals surface area (Å²) >= 11 is 7.06. The van der Waals surface area contributed by atoms with Crippen LogP contribution >= 0.6 is 22.9 Å². The van der Waals surface area contributed by atoms with Crippen LogP contribution in [0.4, 0.5) is 8.78 Å². The highest BCUT2D eigenvalue weighted by Crippen LogP contribution is 2.30. The van der Waals surface area contributed by atoms with Crippen molar-refractivity contribution < 1.29 is 23.4 Å². The third-order valence-corrected chi connectivity index (χ3v) is 3.64. The number of thiophene rings is 1. The second-order valence-electron chi connectivity index (χ2n) is 3.90. The summed E-state index contributed by atoms with van der Waals surface area (Å²) in [6, 6.07) is 7.36. The van der Waals surface area contributed by atoms with Crippen LogP contribution in [-0.2, 0) is 4.79 Å². The van der Waals surface area contributed by atoms with E-state index in [9.17, 15) is 18.7 Å². The minimum absolute atomic E-state index is 0.0219. The Morgan fingerprint density at radius 2 is 2.14 bits per heavy atom. The molecule has 0 aliphatic rings. The lowest BCUT2D eigenvalue weighted by Gasteiger charge is -2.09. The number of halogens is 3. The maximum absolute atomic E-state index is 12.4. The summed E-state index contributed by atoms with van der Waals surface area (Å²) in [7, 11) is 0. The van der Waals surface area contributed by atoms with Crippen LogP contribution in [0.3, 0.4) is 0 Å². The maximum Gasteiger partial charge on any atom is 0.387 e. The Hall–Kier alpha value is -1.92. The van der Waals surface area contributed by atoms with Gasteiger partial charge in [0.15, 0.2) is 0 Å². The number of hydrogen-bond donors (Lipinski definition) is 1. The van der Waals surface area contributed by atoms with Gasteiger partial charge in [0.05, 0.1) is 5.57 Å². The molecular formula is C14H9ClF2O3S. The van der Waals surface area contributed by atoms with Crippen LogP contribution in [0.5, 0.6) is 5.75 Å². The first-order valence-corrected chi connectivity index (χ1v) is 6.96. The third kappa shape index (κ3) is 4.03. The van der Waals surface area contributed by atoms with Crippen LogP contribution in [0.2, 0.25) is 5.02 Å². The highest BCUT2D eigenvalue weighted by molar-refractivity contribution is 7.11. The van der Waals surface area contributed by atoms with Gasteiger partial charge in [-0.05, 0) is 35.7 Å². The summed E-state index contributed by atoms with van der Waals surface area (Å²) in [4.78, 5) is 11.8. The van der Waals surface area contributed by atoms with Gasteiger partial charge in [-0.3, -0.25) is 0 Å². The van der Waals surface area contributed by atoms with Crippen molar-refractivity contribution in [3.63, 3.8) is 0 Å². The molecule has 0 aliphatic heterocycles. The average Bonchev–Trinajstić information content (AvgIpc) is 2.91. The summed E-state index contributed by atoms with van der Waals surface area (Å²) in [6.07, 6.45) is 1.26. The fraction of sp³-hybridized carbons (Fsp3) is 0.0714. The smallest absolute Gasteiger partial charge is 0.387 e. The Kier molecular flexibility index (Phi) is 4.93. The number of alkyl halides is 2. The summed E-state index contributed by atoms with van der Waals surface area (Å²) in [5.74, 6) is -1.30. The first kappa shape index (κ1) is 15.5. The molecular weight excluding hydrogens is 322 g/mol. The first-order chi connectivity index (χ1) is 9.97. The van der Waals surface area contributed by atoms with E-state index in [-0.39, 0.29) is 16.9 Å². The summed E-state index contributed by atoms with van der Waals surface area (Å²) < 4.78 is 29.1. The van der Waals surface area contributed by atoms with E-state index >= 15 is 0 Å². The van der Waals surface area contributed by atoms with Gasteiger partial charge >= 0.3 is 12.6 Å². The van der Waals surface area contributed by atoms with E-state index in [1.54, 1.807) is 17.5 Å². The summed E-state index contributed by atoms with van der Waals surface area (Å²) in [6.45, 7) is -3.01. The lowest BCUT2D eigenvalue weighted by atomic mass is 10.1.